The number of carbonyl (C=O) groups is 1. The lowest BCUT2D eigenvalue weighted by molar-refractivity contribution is -0.137. The van der Waals surface area contributed by atoms with E-state index in [9.17, 15) is 18.0 Å². The van der Waals surface area contributed by atoms with Gasteiger partial charge in [0.15, 0.2) is 5.82 Å². The van der Waals surface area contributed by atoms with Crippen molar-refractivity contribution in [1.29, 1.82) is 0 Å². The third-order valence-electron chi connectivity index (χ3n) is 2.75. The third-order valence-corrected chi connectivity index (χ3v) is 2.75. The summed E-state index contributed by atoms with van der Waals surface area (Å²) in [7, 11) is 0. The van der Waals surface area contributed by atoms with Crippen molar-refractivity contribution in [3.8, 4) is 0 Å². The Morgan fingerprint density at radius 2 is 2.00 bits per heavy atom. The molecule has 2 aromatic rings. The molecule has 118 valence electrons. The number of ether oxygens (including phenoxy) is 1. The van der Waals surface area contributed by atoms with E-state index in [-0.39, 0.29) is 23.8 Å². The second kappa shape index (κ2) is 5.96. The highest BCUT2D eigenvalue weighted by Crippen LogP contribution is 2.31. The lowest BCUT2D eigenvalue weighted by atomic mass is 10.2. The fourth-order valence-corrected chi connectivity index (χ4v) is 1.74. The van der Waals surface area contributed by atoms with Crippen LogP contribution in [0.3, 0.4) is 0 Å². The first-order chi connectivity index (χ1) is 10.3. The van der Waals surface area contributed by atoms with Crippen molar-refractivity contribution in [1.82, 2.24) is 10.2 Å². The highest BCUT2D eigenvalue weighted by atomic mass is 19.4. The molecule has 1 heterocycles. The van der Waals surface area contributed by atoms with Gasteiger partial charge in [0.25, 0.3) is 0 Å². The van der Waals surface area contributed by atoms with Gasteiger partial charge in [-0.3, -0.25) is 5.10 Å². The van der Waals surface area contributed by atoms with E-state index < -0.39 is 17.7 Å². The standard InChI is InChI=1S/C13H13F3N4O2/c1-2-22-12(21)9-10(17)19-20-11(9)18-8-5-3-7(4-6-8)13(14,15)16/h3-6H,2H2,1H3,(H4,17,18,19,20). The second-order valence-electron chi connectivity index (χ2n) is 4.28. The Hall–Kier alpha value is -2.71. The number of alkyl halides is 3. The summed E-state index contributed by atoms with van der Waals surface area (Å²) >= 11 is 0. The molecule has 1 aromatic heterocycles. The summed E-state index contributed by atoms with van der Waals surface area (Å²) in [4.78, 5) is 11.8. The average Bonchev–Trinajstić information content (AvgIpc) is 2.79. The monoisotopic (exact) mass is 314 g/mol. The number of aromatic nitrogens is 2. The maximum Gasteiger partial charge on any atom is 0.416 e. The van der Waals surface area contributed by atoms with Crippen molar-refractivity contribution in [3.63, 3.8) is 0 Å². The van der Waals surface area contributed by atoms with E-state index in [1.165, 1.54) is 12.1 Å². The van der Waals surface area contributed by atoms with Crippen LogP contribution in [0.25, 0.3) is 0 Å². The summed E-state index contributed by atoms with van der Waals surface area (Å²) in [6, 6.07) is 4.29. The normalized spacial score (nSPS) is 11.3. The van der Waals surface area contributed by atoms with Gasteiger partial charge < -0.3 is 15.8 Å². The number of benzene rings is 1. The molecule has 0 aliphatic carbocycles. The van der Waals surface area contributed by atoms with Crippen molar-refractivity contribution in [2.24, 2.45) is 0 Å². The number of nitrogens with one attached hydrogen (secondary N) is 2. The predicted molar refractivity (Wildman–Crippen MR) is 73.7 cm³/mol. The SMILES string of the molecule is CCOC(=O)c1c(Nc2ccc(C(F)(F)F)cc2)n[nH]c1N. The Morgan fingerprint density at radius 3 is 2.55 bits per heavy atom. The number of esters is 1. The quantitative estimate of drug-likeness (QED) is 0.755. The smallest absolute Gasteiger partial charge is 0.416 e. The Labute approximate surface area is 123 Å². The zero-order valence-corrected chi connectivity index (χ0v) is 11.5. The number of nitrogens with two attached hydrogens (primary N) is 1. The largest absolute Gasteiger partial charge is 0.462 e. The summed E-state index contributed by atoms with van der Waals surface area (Å²) < 4.78 is 42.3. The van der Waals surface area contributed by atoms with Crippen molar-refractivity contribution in [2.75, 3.05) is 17.7 Å². The van der Waals surface area contributed by atoms with Gasteiger partial charge in [-0.15, -0.1) is 0 Å². The van der Waals surface area contributed by atoms with Gasteiger partial charge in [0, 0.05) is 5.69 Å². The van der Waals surface area contributed by atoms with Crippen LogP contribution in [0, 0.1) is 0 Å². The minimum Gasteiger partial charge on any atom is -0.462 e. The number of anilines is 3. The van der Waals surface area contributed by atoms with Gasteiger partial charge in [-0.05, 0) is 31.2 Å². The van der Waals surface area contributed by atoms with Gasteiger partial charge in [0.2, 0.25) is 0 Å². The lowest BCUT2D eigenvalue weighted by Gasteiger charge is -2.09. The van der Waals surface area contributed by atoms with E-state index in [4.69, 9.17) is 10.5 Å². The first kappa shape index (κ1) is 15.7. The van der Waals surface area contributed by atoms with Crippen LogP contribution in [0.2, 0.25) is 0 Å². The fraction of sp³-hybridized carbons (Fsp3) is 0.231. The van der Waals surface area contributed by atoms with Crippen LogP contribution in [0.4, 0.5) is 30.5 Å². The van der Waals surface area contributed by atoms with Crippen molar-refractivity contribution >= 4 is 23.3 Å². The number of H-pyrrole nitrogens is 1. The molecule has 0 bridgehead atoms. The molecule has 6 nitrogen and oxygen atoms in total. The van der Waals surface area contributed by atoms with Crippen LogP contribution < -0.4 is 11.1 Å². The molecule has 0 spiro atoms. The Bertz CT molecular complexity index is 665. The molecule has 0 radical (unpaired) electrons. The minimum atomic E-state index is -4.41. The van der Waals surface area contributed by atoms with E-state index >= 15 is 0 Å². The first-order valence-corrected chi connectivity index (χ1v) is 6.28. The van der Waals surface area contributed by atoms with Crippen LogP contribution in [-0.2, 0) is 10.9 Å². The highest BCUT2D eigenvalue weighted by molar-refractivity contribution is 6.00. The van der Waals surface area contributed by atoms with Gasteiger partial charge in [-0.1, -0.05) is 0 Å². The fourth-order valence-electron chi connectivity index (χ4n) is 1.74. The Kier molecular flexibility index (Phi) is 4.25. The maximum atomic E-state index is 12.5. The van der Waals surface area contributed by atoms with Crippen molar-refractivity contribution in [2.45, 2.75) is 13.1 Å². The molecule has 4 N–H and O–H groups in total. The topological polar surface area (TPSA) is 93.0 Å². The number of aromatic amines is 1. The molecule has 0 atom stereocenters. The second-order valence-corrected chi connectivity index (χ2v) is 4.28. The first-order valence-electron chi connectivity index (χ1n) is 6.28. The molecule has 0 amide bonds. The molecule has 0 saturated heterocycles. The molecule has 2 rings (SSSR count). The highest BCUT2D eigenvalue weighted by Gasteiger charge is 2.30. The minimum absolute atomic E-state index is 0.00162. The Balaban J connectivity index is 2.23. The number of nitrogens with zero attached hydrogens (tertiary/aromatic N) is 1. The molecule has 1 aromatic carbocycles. The van der Waals surface area contributed by atoms with Crippen LogP contribution in [0.5, 0.6) is 0 Å². The summed E-state index contributed by atoms with van der Waals surface area (Å²) in [5.74, 6) is -0.591. The van der Waals surface area contributed by atoms with Crippen LogP contribution in [0.1, 0.15) is 22.8 Å². The molecule has 0 fully saturated rings. The summed E-state index contributed by atoms with van der Waals surface area (Å²) in [5.41, 5.74) is 5.15. The van der Waals surface area contributed by atoms with Crippen molar-refractivity contribution in [3.05, 3.63) is 35.4 Å². The lowest BCUT2D eigenvalue weighted by Crippen LogP contribution is -2.09. The van der Waals surface area contributed by atoms with E-state index in [0.29, 0.717) is 5.69 Å². The van der Waals surface area contributed by atoms with E-state index in [1.54, 1.807) is 6.92 Å². The van der Waals surface area contributed by atoms with Gasteiger partial charge >= 0.3 is 12.1 Å². The van der Waals surface area contributed by atoms with Gasteiger partial charge in [-0.25, -0.2) is 4.79 Å². The van der Waals surface area contributed by atoms with Gasteiger partial charge in [-0.2, -0.15) is 18.3 Å². The third kappa shape index (κ3) is 3.30. The molecular formula is C13H13F3N4O2. The molecule has 9 heteroatoms. The summed E-state index contributed by atoms with van der Waals surface area (Å²) in [5, 5.41) is 8.94. The van der Waals surface area contributed by atoms with Gasteiger partial charge in [0.1, 0.15) is 11.4 Å². The Morgan fingerprint density at radius 1 is 1.36 bits per heavy atom. The van der Waals surface area contributed by atoms with E-state index in [2.05, 4.69) is 15.5 Å². The molecule has 0 aliphatic heterocycles. The number of carbonyl (C=O) groups excluding carboxylic acids is 1. The van der Waals surface area contributed by atoms with Crippen molar-refractivity contribution < 1.29 is 22.7 Å². The molecule has 22 heavy (non-hydrogen) atoms. The average molecular weight is 314 g/mol. The number of rotatable bonds is 4. The van der Waals surface area contributed by atoms with Crippen LogP contribution in [0.15, 0.2) is 24.3 Å². The molecule has 0 aliphatic rings. The zero-order chi connectivity index (χ0) is 16.3. The number of hydrogen-bond acceptors (Lipinski definition) is 5. The summed E-state index contributed by atoms with van der Waals surface area (Å²) in [6.07, 6.45) is -4.41. The van der Waals surface area contributed by atoms with Crippen LogP contribution >= 0.6 is 0 Å². The maximum absolute atomic E-state index is 12.5. The number of hydrogen-bond donors (Lipinski definition) is 3. The van der Waals surface area contributed by atoms with Crippen LogP contribution in [-0.4, -0.2) is 22.8 Å². The molecular weight excluding hydrogens is 301 g/mol. The summed E-state index contributed by atoms with van der Waals surface area (Å²) in [6.45, 7) is 1.79. The predicted octanol–water partition coefficient (Wildman–Crippen LogP) is 2.93. The molecule has 0 unspecified atom stereocenters. The number of nitrogen functional groups attached to an aromatic ring is 1. The zero-order valence-electron chi connectivity index (χ0n) is 11.5. The molecule has 0 saturated carbocycles. The van der Waals surface area contributed by atoms with E-state index in [0.717, 1.165) is 12.1 Å². The van der Waals surface area contributed by atoms with E-state index in [1.807, 2.05) is 0 Å². The van der Waals surface area contributed by atoms with Gasteiger partial charge in [0.05, 0.1) is 12.2 Å². The number of halogens is 3.